The quantitative estimate of drug-likeness (QED) is 0.385. The predicted octanol–water partition coefficient (Wildman–Crippen LogP) is 5.93. The summed E-state index contributed by atoms with van der Waals surface area (Å²) in [4.78, 5) is 0. The van der Waals surface area contributed by atoms with Crippen molar-refractivity contribution in [1.29, 1.82) is 0 Å². The number of hydrogen-bond donors (Lipinski definition) is 1. The van der Waals surface area contributed by atoms with Crippen LogP contribution in [0, 0.1) is 5.82 Å². The summed E-state index contributed by atoms with van der Waals surface area (Å²) in [5.41, 5.74) is 2.87. The van der Waals surface area contributed by atoms with E-state index in [0.29, 0.717) is 37.6 Å². The number of halogens is 3. The molecule has 3 aromatic carbocycles. The van der Waals surface area contributed by atoms with Crippen LogP contribution in [0.15, 0.2) is 71.2 Å². The van der Waals surface area contributed by atoms with E-state index in [1.165, 1.54) is 6.07 Å². The van der Waals surface area contributed by atoms with Crippen LogP contribution in [-0.2, 0) is 19.6 Å². The van der Waals surface area contributed by atoms with Gasteiger partial charge in [-0.25, -0.2) is 4.39 Å². The highest BCUT2D eigenvalue weighted by atomic mass is 79.9. The van der Waals surface area contributed by atoms with Crippen LogP contribution < -0.4 is 14.8 Å². The molecule has 3 aromatic rings. The highest BCUT2D eigenvalue weighted by Crippen LogP contribution is 2.37. The number of methoxy groups -OCH3 is 1. The first-order chi connectivity index (χ1) is 13.7. The lowest BCUT2D eigenvalue weighted by Gasteiger charge is -2.15. The summed E-state index contributed by atoms with van der Waals surface area (Å²) in [6, 6.07) is 20.8. The van der Waals surface area contributed by atoms with Gasteiger partial charge in [0.2, 0.25) is 0 Å². The molecule has 0 unspecified atom stereocenters. The summed E-state index contributed by atoms with van der Waals surface area (Å²) in [6.07, 6.45) is 0.642. The van der Waals surface area contributed by atoms with Crippen LogP contribution >= 0.6 is 28.3 Å². The number of benzene rings is 3. The number of ether oxygens (including phenoxy) is 2. The third kappa shape index (κ3) is 6.74. The van der Waals surface area contributed by atoms with Crippen LogP contribution in [0.3, 0.4) is 0 Å². The molecule has 0 aliphatic rings. The van der Waals surface area contributed by atoms with Crippen molar-refractivity contribution in [3.8, 4) is 11.5 Å². The minimum absolute atomic E-state index is 0. The van der Waals surface area contributed by atoms with Gasteiger partial charge in [0, 0.05) is 6.54 Å². The first-order valence-corrected chi connectivity index (χ1v) is 9.94. The molecule has 0 aliphatic heterocycles. The molecule has 0 spiro atoms. The number of rotatable bonds is 9. The molecule has 0 saturated carbocycles. The smallest absolute Gasteiger partial charge is 0.175 e. The van der Waals surface area contributed by atoms with Crippen LogP contribution in [0.4, 0.5) is 4.39 Å². The van der Waals surface area contributed by atoms with Gasteiger partial charge in [0.05, 0.1) is 11.6 Å². The van der Waals surface area contributed by atoms with E-state index in [2.05, 4.69) is 21.2 Å². The SMILES string of the molecule is COc1cc(CNCCc2ccccc2F)cc(Br)c1OCc1ccccc1.Cl. The van der Waals surface area contributed by atoms with E-state index in [4.69, 9.17) is 9.47 Å². The average Bonchev–Trinajstić information content (AvgIpc) is 2.72. The maximum Gasteiger partial charge on any atom is 0.175 e. The van der Waals surface area contributed by atoms with Crippen LogP contribution in [0.1, 0.15) is 16.7 Å². The molecule has 6 heteroatoms. The minimum Gasteiger partial charge on any atom is -0.493 e. The van der Waals surface area contributed by atoms with Crippen molar-refractivity contribution in [2.24, 2.45) is 0 Å². The molecule has 1 N–H and O–H groups in total. The molecule has 3 rings (SSSR count). The van der Waals surface area contributed by atoms with E-state index >= 15 is 0 Å². The summed E-state index contributed by atoms with van der Waals surface area (Å²) in [6.45, 7) is 1.81. The highest BCUT2D eigenvalue weighted by Gasteiger charge is 2.12. The van der Waals surface area contributed by atoms with Gasteiger partial charge in [-0.2, -0.15) is 0 Å². The van der Waals surface area contributed by atoms with Gasteiger partial charge >= 0.3 is 0 Å². The molecule has 0 heterocycles. The molecule has 0 bridgehead atoms. The van der Waals surface area contributed by atoms with Gasteiger partial charge in [-0.15, -0.1) is 12.4 Å². The lowest BCUT2D eigenvalue weighted by Crippen LogP contribution is -2.17. The summed E-state index contributed by atoms with van der Waals surface area (Å²) in [7, 11) is 1.63. The van der Waals surface area contributed by atoms with Gasteiger partial charge in [0.15, 0.2) is 11.5 Å². The van der Waals surface area contributed by atoms with E-state index in [1.807, 2.05) is 54.6 Å². The summed E-state index contributed by atoms with van der Waals surface area (Å²) in [5.74, 6) is 1.20. The molecule has 29 heavy (non-hydrogen) atoms. The van der Waals surface area contributed by atoms with Crippen molar-refractivity contribution in [1.82, 2.24) is 5.32 Å². The maximum atomic E-state index is 13.7. The Labute approximate surface area is 185 Å². The first-order valence-electron chi connectivity index (χ1n) is 9.14. The minimum atomic E-state index is -0.159. The number of hydrogen-bond acceptors (Lipinski definition) is 3. The van der Waals surface area contributed by atoms with Crippen molar-refractivity contribution in [2.75, 3.05) is 13.7 Å². The molecular weight excluding hydrogens is 457 g/mol. The van der Waals surface area contributed by atoms with Gasteiger partial charge in [0.25, 0.3) is 0 Å². The third-order valence-electron chi connectivity index (χ3n) is 4.37. The molecule has 0 amide bonds. The summed E-state index contributed by atoms with van der Waals surface area (Å²) < 4.78 is 26.0. The zero-order valence-electron chi connectivity index (χ0n) is 16.2. The Bertz CT molecular complexity index is 909. The van der Waals surface area contributed by atoms with E-state index in [9.17, 15) is 4.39 Å². The van der Waals surface area contributed by atoms with Gasteiger partial charge < -0.3 is 14.8 Å². The van der Waals surface area contributed by atoms with E-state index < -0.39 is 0 Å². The van der Waals surface area contributed by atoms with Crippen molar-refractivity contribution in [2.45, 2.75) is 19.6 Å². The summed E-state index contributed by atoms with van der Waals surface area (Å²) >= 11 is 3.59. The Morgan fingerprint density at radius 1 is 0.966 bits per heavy atom. The van der Waals surface area contributed by atoms with Gasteiger partial charge in [-0.3, -0.25) is 0 Å². The molecule has 0 radical (unpaired) electrons. The summed E-state index contributed by atoms with van der Waals surface area (Å²) in [5, 5.41) is 3.35. The number of nitrogens with one attached hydrogen (secondary N) is 1. The maximum absolute atomic E-state index is 13.7. The van der Waals surface area contributed by atoms with E-state index in [-0.39, 0.29) is 18.2 Å². The van der Waals surface area contributed by atoms with Gasteiger partial charge in [-0.05, 0) is 63.8 Å². The van der Waals surface area contributed by atoms with E-state index in [1.54, 1.807) is 13.2 Å². The molecule has 0 atom stereocenters. The molecule has 0 fully saturated rings. The van der Waals surface area contributed by atoms with Crippen molar-refractivity contribution < 1.29 is 13.9 Å². The van der Waals surface area contributed by atoms with Crippen molar-refractivity contribution in [3.05, 3.63) is 93.7 Å². The lowest BCUT2D eigenvalue weighted by molar-refractivity contribution is 0.282. The zero-order valence-corrected chi connectivity index (χ0v) is 18.6. The molecule has 0 aromatic heterocycles. The average molecular weight is 481 g/mol. The van der Waals surface area contributed by atoms with Gasteiger partial charge in [-0.1, -0.05) is 48.5 Å². The normalized spacial score (nSPS) is 10.3. The largest absolute Gasteiger partial charge is 0.493 e. The first kappa shape index (κ1) is 23.2. The Balaban J connectivity index is 0.00000300. The Morgan fingerprint density at radius 2 is 1.69 bits per heavy atom. The zero-order chi connectivity index (χ0) is 19.8. The predicted molar refractivity (Wildman–Crippen MR) is 121 cm³/mol. The fourth-order valence-corrected chi connectivity index (χ4v) is 3.51. The standard InChI is InChI=1S/C23H23BrFNO2.ClH/c1-27-22-14-18(15-26-12-11-19-9-5-6-10-21(19)25)13-20(24)23(22)28-16-17-7-3-2-4-8-17;/h2-10,13-14,26H,11-12,15-16H2,1H3;1H. The second-order valence-electron chi connectivity index (χ2n) is 6.40. The molecule has 0 aliphatic carbocycles. The van der Waals surface area contributed by atoms with E-state index in [0.717, 1.165) is 21.2 Å². The van der Waals surface area contributed by atoms with Crippen LogP contribution in [0.2, 0.25) is 0 Å². The molecular formula is C23H24BrClFNO2. The molecule has 0 saturated heterocycles. The fourth-order valence-electron chi connectivity index (χ4n) is 2.90. The topological polar surface area (TPSA) is 30.5 Å². The van der Waals surface area contributed by atoms with Crippen molar-refractivity contribution >= 4 is 28.3 Å². The van der Waals surface area contributed by atoms with Gasteiger partial charge in [0.1, 0.15) is 12.4 Å². The fraction of sp³-hybridized carbons (Fsp3) is 0.217. The van der Waals surface area contributed by atoms with Crippen molar-refractivity contribution in [3.63, 3.8) is 0 Å². The van der Waals surface area contributed by atoms with Crippen LogP contribution in [0.5, 0.6) is 11.5 Å². The molecule has 154 valence electrons. The second-order valence-corrected chi connectivity index (χ2v) is 7.26. The Morgan fingerprint density at radius 3 is 2.41 bits per heavy atom. The van der Waals surface area contributed by atoms with Crippen LogP contribution in [-0.4, -0.2) is 13.7 Å². The molecule has 3 nitrogen and oxygen atoms in total. The van der Waals surface area contributed by atoms with Crippen LogP contribution in [0.25, 0.3) is 0 Å². The second kappa shape index (κ2) is 11.8. The lowest BCUT2D eigenvalue weighted by atomic mass is 10.1. The third-order valence-corrected chi connectivity index (χ3v) is 4.96. The Kier molecular flexibility index (Phi) is 9.45. The Hall–Kier alpha value is -2.08. The highest BCUT2D eigenvalue weighted by molar-refractivity contribution is 9.10. The monoisotopic (exact) mass is 479 g/mol.